The molecule has 0 atom stereocenters. The minimum atomic E-state index is -0.821. The van der Waals surface area contributed by atoms with Crippen molar-refractivity contribution < 1.29 is 14.2 Å². The highest BCUT2D eigenvalue weighted by Gasteiger charge is 2.16. The van der Waals surface area contributed by atoms with Crippen LogP contribution in [0.2, 0.25) is 0 Å². The molecule has 0 fully saturated rings. The van der Waals surface area contributed by atoms with Crippen molar-refractivity contribution >= 4 is 5.69 Å². The SMILES string of the molecule is CC(C)CONCc1cccc([N+](=O)[O-])c1F. The molecule has 1 rings (SSSR count). The fourth-order valence-electron chi connectivity index (χ4n) is 1.20. The van der Waals surface area contributed by atoms with Crippen LogP contribution in [-0.4, -0.2) is 11.5 Å². The number of nitrogens with one attached hydrogen (secondary N) is 1. The second-order valence-corrected chi connectivity index (χ2v) is 4.03. The Hall–Kier alpha value is -1.53. The monoisotopic (exact) mass is 242 g/mol. The Balaban J connectivity index is 2.59. The zero-order valence-corrected chi connectivity index (χ0v) is 9.77. The van der Waals surface area contributed by atoms with E-state index in [0.29, 0.717) is 12.5 Å². The molecule has 0 aliphatic rings. The number of rotatable bonds is 6. The Labute approximate surface area is 98.7 Å². The lowest BCUT2D eigenvalue weighted by Crippen LogP contribution is -2.18. The van der Waals surface area contributed by atoms with Gasteiger partial charge in [0.25, 0.3) is 0 Å². The Bertz CT molecular complexity index is 396. The summed E-state index contributed by atoms with van der Waals surface area (Å²) < 4.78 is 13.6. The topological polar surface area (TPSA) is 64.4 Å². The van der Waals surface area contributed by atoms with Gasteiger partial charge in [-0.1, -0.05) is 26.0 Å². The van der Waals surface area contributed by atoms with E-state index in [-0.39, 0.29) is 12.1 Å². The molecule has 0 heterocycles. The van der Waals surface area contributed by atoms with Crippen molar-refractivity contribution in [3.8, 4) is 0 Å². The van der Waals surface area contributed by atoms with Gasteiger partial charge in [-0.2, -0.15) is 9.87 Å². The lowest BCUT2D eigenvalue weighted by Gasteiger charge is -2.08. The van der Waals surface area contributed by atoms with Gasteiger partial charge in [0.05, 0.1) is 11.5 Å². The van der Waals surface area contributed by atoms with Crippen LogP contribution < -0.4 is 5.48 Å². The number of nitrogens with zero attached hydrogens (tertiary/aromatic N) is 1. The summed E-state index contributed by atoms with van der Waals surface area (Å²) in [5, 5.41) is 10.5. The summed E-state index contributed by atoms with van der Waals surface area (Å²) in [6.45, 7) is 4.56. The maximum Gasteiger partial charge on any atom is 0.305 e. The van der Waals surface area contributed by atoms with E-state index in [2.05, 4.69) is 5.48 Å². The van der Waals surface area contributed by atoms with Crippen LogP contribution in [-0.2, 0) is 11.4 Å². The molecule has 0 aliphatic heterocycles. The number of hydrogen-bond acceptors (Lipinski definition) is 4. The predicted octanol–water partition coefficient (Wildman–Crippen LogP) is 2.41. The largest absolute Gasteiger partial charge is 0.305 e. The average molecular weight is 242 g/mol. The first-order valence-electron chi connectivity index (χ1n) is 5.28. The standard InChI is InChI=1S/C11H15FN2O3/c1-8(2)7-17-13-6-9-4-3-5-10(11(9)12)14(15)16/h3-5,8,13H,6-7H2,1-2H3. The summed E-state index contributed by atoms with van der Waals surface area (Å²) in [4.78, 5) is 14.8. The average Bonchev–Trinajstić information content (AvgIpc) is 2.25. The van der Waals surface area contributed by atoms with Crippen LogP contribution in [0.25, 0.3) is 0 Å². The van der Waals surface area contributed by atoms with Gasteiger partial charge in [0.1, 0.15) is 0 Å². The Morgan fingerprint density at radius 3 is 2.82 bits per heavy atom. The molecule has 0 aliphatic carbocycles. The van der Waals surface area contributed by atoms with Gasteiger partial charge in [-0.3, -0.25) is 10.1 Å². The molecule has 1 N–H and O–H groups in total. The third-order valence-corrected chi connectivity index (χ3v) is 2.04. The third-order valence-electron chi connectivity index (χ3n) is 2.04. The molecule has 0 aromatic heterocycles. The maximum absolute atomic E-state index is 13.6. The molecular formula is C11H15FN2O3. The molecule has 94 valence electrons. The van der Waals surface area contributed by atoms with Crippen molar-refractivity contribution in [3.63, 3.8) is 0 Å². The maximum atomic E-state index is 13.6. The Kier molecular flexibility index (Phi) is 4.99. The van der Waals surface area contributed by atoms with E-state index in [1.807, 2.05) is 13.8 Å². The molecule has 0 radical (unpaired) electrons. The van der Waals surface area contributed by atoms with Crippen molar-refractivity contribution in [3.05, 3.63) is 39.7 Å². The third kappa shape index (κ3) is 4.08. The van der Waals surface area contributed by atoms with Crippen molar-refractivity contribution in [1.82, 2.24) is 5.48 Å². The second-order valence-electron chi connectivity index (χ2n) is 4.03. The minimum Gasteiger partial charge on any atom is -0.301 e. The van der Waals surface area contributed by atoms with Crippen LogP contribution in [0.3, 0.4) is 0 Å². The summed E-state index contributed by atoms with van der Waals surface area (Å²) in [7, 11) is 0. The normalized spacial score (nSPS) is 10.8. The summed E-state index contributed by atoms with van der Waals surface area (Å²) >= 11 is 0. The molecule has 0 spiro atoms. The van der Waals surface area contributed by atoms with Gasteiger partial charge in [-0.25, -0.2) is 0 Å². The summed E-state index contributed by atoms with van der Waals surface area (Å²) in [5.41, 5.74) is 2.27. The molecule has 0 saturated carbocycles. The second kappa shape index (κ2) is 6.27. The van der Waals surface area contributed by atoms with E-state index >= 15 is 0 Å². The molecule has 5 nitrogen and oxygen atoms in total. The highest BCUT2D eigenvalue weighted by atomic mass is 19.1. The van der Waals surface area contributed by atoms with Crippen LogP contribution in [0.4, 0.5) is 10.1 Å². The molecule has 1 aromatic carbocycles. The van der Waals surface area contributed by atoms with E-state index in [1.54, 1.807) is 0 Å². The number of hydrogen-bond donors (Lipinski definition) is 1. The van der Waals surface area contributed by atoms with Gasteiger partial charge in [0.15, 0.2) is 0 Å². The quantitative estimate of drug-likeness (QED) is 0.472. The molecule has 0 saturated heterocycles. The van der Waals surface area contributed by atoms with E-state index in [9.17, 15) is 14.5 Å². The molecule has 0 bridgehead atoms. The summed E-state index contributed by atoms with van der Waals surface area (Å²) in [6.07, 6.45) is 0. The van der Waals surface area contributed by atoms with E-state index in [0.717, 1.165) is 6.07 Å². The van der Waals surface area contributed by atoms with Gasteiger partial charge < -0.3 is 4.84 Å². The number of hydroxylamine groups is 1. The van der Waals surface area contributed by atoms with Crippen molar-refractivity contribution in [1.29, 1.82) is 0 Å². The zero-order valence-electron chi connectivity index (χ0n) is 9.77. The fraction of sp³-hybridized carbons (Fsp3) is 0.455. The van der Waals surface area contributed by atoms with Crippen LogP contribution in [0.1, 0.15) is 19.4 Å². The highest BCUT2D eigenvalue weighted by molar-refractivity contribution is 5.36. The lowest BCUT2D eigenvalue weighted by atomic mass is 10.2. The fourth-order valence-corrected chi connectivity index (χ4v) is 1.20. The number of nitro benzene ring substituents is 1. The summed E-state index contributed by atoms with van der Waals surface area (Å²) in [6, 6.07) is 4.06. The first kappa shape index (κ1) is 13.5. The van der Waals surface area contributed by atoms with Crippen LogP contribution in [0.15, 0.2) is 18.2 Å². The van der Waals surface area contributed by atoms with Crippen LogP contribution >= 0.6 is 0 Å². The van der Waals surface area contributed by atoms with Crippen LogP contribution in [0.5, 0.6) is 0 Å². The van der Waals surface area contributed by atoms with Gasteiger partial charge >= 0.3 is 5.69 Å². The van der Waals surface area contributed by atoms with Gasteiger partial charge in [0.2, 0.25) is 5.82 Å². The molecule has 0 amide bonds. The number of halogens is 1. The molecule has 6 heteroatoms. The molecule has 17 heavy (non-hydrogen) atoms. The van der Waals surface area contributed by atoms with Gasteiger partial charge in [-0.05, 0) is 5.92 Å². The van der Waals surface area contributed by atoms with E-state index < -0.39 is 16.4 Å². The lowest BCUT2D eigenvalue weighted by molar-refractivity contribution is -0.387. The Morgan fingerprint density at radius 1 is 1.53 bits per heavy atom. The van der Waals surface area contributed by atoms with Crippen molar-refractivity contribution in [2.24, 2.45) is 5.92 Å². The molecule has 0 unspecified atom stereocenters. The first-order chi connectivity index (χ1) is 8.02. The zero-order chi connectivity index (χ0) is 12.8. The van der Waals surface area contributed by atoms with Crippen molar-refractivity contribution in [2.75, 3.05) is 6.61 Å². The Morgan fingerprint density at radius 2 is 2.24 bits per heavy atom. The highest BCUT2D eigenvalue weighted by Crippen LogP contribution is 2.19. The van der Waals surface area contributed by atoms with Gasteiger partial charge in [-0.15, -0.1) is 0 Å². The first-order valence-corrected chi connectivity index (χ1v) is 5.28. The predicted molar refractivity (Wildman–Crippen MR) is 60.7 cm³/mol. The van der Waals surface area contributed by atoms with E-state index in [4.69, 9.17) is 4.84 Å². The number of nitro groups is 1. The van der Waals surface area contributed by atoms with Crippen LogP contribution in [0, 0.1) is 21.8 Å². The minimum absolute atomic E-state index is 0.0975. The van der Waals surface area contributed by atoms with Gasteiger partial charge in [0, 0.05) is 18.2 Å². The van der Waals surface area contributed by atoms with Crippen molar-refractivity contribution in [2.45, 2.75) is 20.4 Å². The summed E-state index contributed by atoms with van der Waals surface area (Å²) in [5.74, 6) is -0.462. The molecule has 1 aromatic rings. The smallest absolute Gasteiger partial charge is 0.301 e. The molecular weight excluding hydrogens is 227 g/mol. The number of benzene rings is 1. The van der Waals surface area contributed by atoms with E-state index in [1.165, 1.54) is 12.1 Å².